The largest absolute Gasteiger partial charge is 0.247 e. The second-order valence-corrected chi connectivity index (χ2v) is 9.76. The van der Waals surface area contributed by atoms with E-state index in [1.165, 1.54) is 26.9 Å². The number of nitrogens with zero attached hydrogens (tertiary/aromatic N) is 1. The second kappa shape index (κ2) is 7.84. The number of aromatic nitrogens is 1. The Labute approximate surface area is 203 Å². The van der Waals surface area contributed by atoms with E-state index in [9.17, 15) is 0 Å². The van der Waals surface area contributed by atoms with Gasteiger partial charge in [0.25, 0.3) is 0 Å². The van der Waals surface area contributed by atoms with E-state index in [0.717, 1.165) is 36.8 Å². The minimum atomic E-state index is 1.00. The van der Waals surface area contributed by atoms with Crippen molar-refractivity contribution in [2.24, 2.45) is 0 Å². The van der Waals surface area contributed by atoms with Crippen LogP contribution in [0.1, 0.15) is 0 Å². The molecule has 0 radical (unpaired) electrons. The lowest BCUT2D eigenvalue weighted by molar-refractivity contribution is 1.43. The summed E-state index contributed by atoms with van der Waals surface area (Å²) >= 11 is 7.23. The van der Waals surface area contributed by atoms with Gasteiger partial charge in [0.15, 0.2) is 0 Å². The van der Waals surface area contributed by atoms with Crippen LogP contribution in [0.3, 0.4) is 0 Å². The summed E-state index contributed by atoms with van der Waals surface area (Å²) in [6.45, 7) is 0. The molecule has 0 bridgehead atoms. The minimum Gasteiger partial charge on any atom is -0.247 e. The average molecular weight is 539 g/mol. The van der Waals surface area contributed by atoms with Gasteiger partial charge in [-0.3, -0.25) is 0 Å². The second-order valence-electron chi connectivity index (χ2n) is 7.93. The molecule has 6 rings (SSSR count). The highest BCUT2D eigenvalue weighted by atomic mass is 79.9. The molecule has 6 aromatic rings. The fourth-order valence-electron chi connectivity index (χ4n) is 4.49. The van der Waals surface area contributed by atoms with Gasteiger partial charge in [-0.15, -0.1) is 0 Å². The quantitative estimate of drug-likeness (QED) is 0.200. The van der Waals surface area contributed by atoms with E-state index < -0.39 is 0 Å². The van der Waals surface area contributed by atoms with E-state index in [2.05, 4.69) is 129 Å². The predicted molar refractivity (Wildman–Crippen MR) is 143 cm³/mol. The maximum atomic E-state index is 5.19. The van der Waals surface area contributed by atoms with Crippen molar-refractivity contribution in [2.45, 2.75) is 0 Å². The van der Waals surface area contributed by atoms with Crippen LogP contribution in [0.15, 0.2) is 112 Å². The van der Waals surface area contributed by atoms with Crippen molar-refractivity contribution in [1.29, 1.82) is 0 Å². The summed E-state index contributed by atoms with van der Waals surface area (Å²) in [5, 5.41) is 6.11. The molecule has 0 spiro atoms. The summed E-state index contributed by atoms with van der Waals surface area (Å²) in [6, 6.07) is 36.4. The topological polar surface area (TPSA) is 12.9 Å². The van der Waals surface area contributed by atoms with Crippen LogP contribution in [0.5, 0.6) is 0 Å². The van der Waals surface area contributed by atoms with Crippen LogP contribution in [0.2, 0.25) is 0 Å². The Balaban J connectivity index is 1.73. The fourth-order valence-corrected chi connectivity index (χ4v) is 5.79. The molecule has 0 N–H and O–H groups in total. The zero-order valence-electron chi connectivity index (χ0n) is 17.0. The third-order valence-corrected chi connectivity index (χ3v) is 6.84. The van der Waals surface area contributed by atoms with Gasteiger partial charge >= 0.3 is 0 Å². The highest BCUT2D eigenvalue weighted by Gasteiger charge is 2.14. The molecule has 0 aliphatic carbocycles. The maximum Gasteiger partial charge on any atom is 0.0788 e. The van der Waals surface area contributed by atoms with Crippen LogP contribution >= 0.6 is 31.9 Å². The molecule has 5 aromatic carbocycles. The van der Waals surface area contributed by atoms with E-state index in [1.807, 2.05) is 6.07 Å². The SMILES string of the molecule is Brc1cc(Br)cc(-c2ccc3c(c2)nc(-c2ccccc2)c2ccc4ccccc4c23)c1. The molecule has 0 amide bonds. The van der Waals surface area contributed by atoms with Crippen LogP contribution in [-0.4, -0.2) is 4.98 Å². The van der Waals surface area contributed by atoms with Crippen molar-refractivity contribution in [2.75, 3.05) is 0 Å². The normalized spacial score (nSPS) is 11.4. The first-order valence-corrected chi connectivity index (χ1v) is 12.0. The van der Waals surface area contributed by atoms with Gasteiger partial charge in [0.05, 0.1) is 11.2 Å². The Kier molecular flexibility index (Phi) is 4.82. The van der Waals surface area contributed by atoms with E-state index in [4.69, 9.17) is 4.98 Å². The van der Waals surface area contributed by atoms with Gasteiger partial charge in [-0.05, 0) is 46.2 Å². The van der Waals surface area contributed by atoms with E-state index >= 15 is 0 Å². The molecule has 3 heteroatoms. The number of fused-ring (bicyclic) bond motifs is 5. The number of pyridine rings is 1. The molecule has 0 fully saturated rings. The maximum absolute atomic E-state index is 5.19. The minimum absolute atomic E-state index is 1.00. The zero-order chi connectivity index (χ0) is 21.7. The van der Waals surface area contributed by atoms with Crippen molar-refractivity contribution < 1.29 is 0 Å². The molecule has 32 heavy (non-hydrogen) atoms. The van der Waals surface area contributed by atoms with Crippen molar-refractivity contribution in [3.63, 3.8) is 0 Å². The van der Waals surface area contributed by atoms with Crippen LogP contribution < -0.4 is 0 Å². The Morgan fingerprint density at radius 3 is 2.03 bits per heavy atom. The van der Waals surface area contributed by atoms with Crippen molar-refractivity contribution >= 4 is 64.3 Å². The standard InChI is InChI=1S/C29H17Br2N/c30-22-14-21(15-23(31)17-22)20-11-12-25-27(16-20)32-29(19-7-2-1-3-8-19)26-13-10-18-6-4-5-9-24(18)28(25)26/h1-17H. The molecule has 0 saturated heterocycles. The summed E-state index contributed by atoms with van der Waals surface area (Å²) in [4.78, 5) is 5.19. The van der Waals surface area contributed by atoms with Gasteiger partial charge in [-0.1, -0.05) is 111 Å². The van der Waals surface area contributed by atoms with E-state index in [1.54, 1.807) is 0 Å². The summed E-state index contributed by atoms with van der Waals surface area (Å²) in [6.07, 6.45) is 0. The first kappa shape index (κ1) is 19.7. The summed E-state index contributed by atoms with van der Waals surface area (Å²) in [7, 11) is 0. The summed E-state index contributed by atoms with van der Waals surface area (Å²) in [5.41, 5.74) is 5.44. The molecular formula is C29H17Br2N. The molecule has 0 aliphatic rings. The third-order valence-electron chi connectivity index (χ3n) is 5.93. The number of rotatable bonds is 2. The number of benzene rings is 5. The first-order chi connectivity index (χ1) is 15.7. The zero-order valence-corrected chi connectivity index (χ0v) is 20.2. The molecule has 1 nitrogen and oxygen atoms in total. The van der Waals surface area contributed by atoms with Gasteiger partial charge in [-0.2, -0.15) is 0 Å². The number of hydrogen-bond acceptors (Lipinski definition) is 1. The highest BCUT2D eigenvalue weighted by Crippen LogP contribution is 2.38. The summed E-state index contributed by atoms with van der Waals surface area (Å²) in [5.74, 6) is 0. The highest BCUT2D eigenvalue weighted by molar-refractivity contribution is 9.11. The van der Waals surface area contributed by atoms with Crippen LogP contribution in [0, 0.1) is 0 Å². The lowest BCUT2D eigenvalue weighted by Crippen LogP contribution is -1.91. The Hall–Kier alpha value is -3.01. The fraction of sp³-hybridized carbons (Fsp3) is 0. The van der Waals surface area contributed by atoms with Crippen LogP contribution in [-0.2, 0) is 0 Å². The Bertz CT molecular complexity index is 1620. The van der Waals surface area contributed by atoms with Gasteiger partial charge in [-0.25, -0.2) is 4.98 Å². The molecular weight excluding hydrogens is 522 g/mol. The van der Waals surface area contributed by atoms with Crippen molar-refractivity contribution in [3.8, 4) is 22.4 Å². The van der Waals surface area contributed by atoms with E-state index in [-0.39, 0.29) is 0 Å². The van der Waals surface area contributed by atoms with Gasteiger partial charge < -0.3 is 0 Å². The Morgan fingerprint density at radius 1 is 0.500 bits per heavy atom. The lowest BCUT2D eigenvalue weighted by Gasteiger charge is -2.14. The van der Waals surface area contributed by atoms with Crippen LogP contribution in [0.25, 0.3) is 54.8 Å². The van der Waals surface area contributed by atoms with Gasteiger partial charge in [0.1, 0.15) is 0 Å². The number of hydrogen-bond donors (Lipinski definition) is 0. The monoisotopic (exact) mass is 537 g/mol. The van der Waals surface area contributed by atoms with Crippen molar-refractivity contribution in [1.82, 2.24) is 4.98 Å². The first-order valence-electron chi connectivity index (χ1n) is 10.4. The molecule has 0 saturated carbocycles. The molecule has 0 aliphatic heterocycles. The molecule has 1 aromatic heterocycles. The molecule has 152 valence electrons. The van der Waals surface area contributed by atoms with E-state index in [0.29, 0.717) is 0 Å². The smallest absolute Gasteiger partial charge is 0.0788 e. The lowest BCUT2D eigenvalue weighted by atomic mass is 9.94. The summed E-state index contributed by atoms with van der Waals surface area (Å²) < 4.78 is 2.09. The van der Waals surface area contributed by atoms with Gasteiger partial charge in [0.2, 0.25) is 0 Å². The predicted octanol–water partition coefficient (Wildman–Crippen LogP) is 9.40. The molecule has 0 atom stereocenters. The molecule has 0 unspecified atom stereocenters. The molecule has 1 heterocycles. The van der Waals surface area contributed by atoms with Crippen molar-refractivity contribution in [3.05, 3.63) is 112 Å². The Morgan fingerprint density at radius 2 is 1.22 bits per heavy atom. The average Bonchev–Trinajstić information content (AvgIpc) is 2.82. The van der Waals surface area contributed by atoms with Gasteiger partial charge in [0, 0.05) is 30.7 Å². The third kappa shape index (κ3) is 3.33. The van der Waals surface area contributed by atoms with Crippen LogP contribution in [0.4, 0.5) is 0 Å². The number of halogens is 2.